The van der Waals surface area contributed by atoms with E-state index >= 15 is 0 Å². The molecule has 3 rings (SSSR count). The van der Waals surface area contributed by atoms with Crippen LogP contribution < -0.4 is 0 Å². The van der Waals surface area contributed by atoms with Crippen molar-refractivity contribution in [3.63, 3.8) is 0 Å². The second-order valence-electron chi connectivity index (χ2n) is 5.93. The SMILES string of the molecule is C/N=C(/C)c1c(/N=C/c2cncc(C)c2)cccc1-c1ccccc1. The maximum atomic E-state index is 4.73. The van der Waals surface area contributed by atoms with Crippen LogP contribution in [0.25, 0.3) is 11.1 Å². The minimum absolute atomic E-state index is 0.908. The largest absolute Gasteiger partial charge is 0.293 e. The summed E-state index contributed by atoms with van der Waals surface area (Å²) in [6.07, 6.45) is 5.52. The summed E-state index contributed by atoms with van der Waals surface area (Å²) in [7, 11) is 1.81. The fourth-order valence-corrected chi connectivity index (χ4v) is 2.79. The Labute approximate surface area is 148 Å². The van der Waals surface area contributed by atoms with Crippen molar-refractivity contribution >= 4 is 17.6 Å². The minimum Gasteiger partial charge on any atom is -0.293 e. The number of pyridine rings is 1. The van der Waals surface area contributed by atoms with Crippen LogP contribution in [0.2, 0.25) is 0 Å². The van der Waals surface area contributed by atoms with Gasteiger partial charge in [0.05, 0.1) is 5.69 Å². The normalized spacial score (nSPS) is 11.9. The highest BCUT2D eigenvalue weighted by Gasteiger charge is 2.12. The molecule has 0 saturated heterocycles. The van der Waals surface area contributed by atoms with Gasteiger partial charge in [-0.1, -0.05) is 42.5 Å². The minimum atomic E-state index is 0.908. The lowest BCUT2D eigenvalue weighted by molar-refractivity contribution is 1.26. The number of hydrogen-bond acceptors (Lipinski definition) is 3. The summed E-state index contributed by atoms with van der Waals surface area (Å²) < 4.78 is 0. The Morgan fingerprint density at radius 2 is 1.80 bits per heavy atom. The Bertz CT molecular complexity index is 925. The van der Waals surface area contributed by atoms with E-state index in [1.165, 1.54) is 0 Å². The van der Waals surface area contributed by atoms with Gasteiger partial charge in [-0.25, -0.2) is 0 Å². The Hall–Kier alpha value is -3.07. The number of rotatable bonds is 4. The molecule has 0 amide bonds. The second kappa shape index (κ2) is 7.67. The second-order valence-corrected chi connectivity index (χ2v) is 5.93. The van der Waals surface area contributed by atoms with E-state index in [-0.39, 0.29) is 0 Å². The summed E-state index contributed by atoms with van der Waals surface area (Å²) in [6.45, 7) is 4.05. The van der Waals surface area contributed by atoms with Gasteiger partial charge in [0.2, 0.25) is 0 Å². The Morgan fingerprint density at radius 3 is 2.52 bits per heavy atom. The average Bonchev–Trinajstić information content (AvgIpc) is 2.66. The van der Waals surface area contributed by atoms with Gasteiger partial charge in [0, 0.05) is 42.5 Å². The summed E-state index contributed by atoms with van der Waals surface area (Å²) in [5.41, 5.74) is 7.35. The van der Waals surface area contributed by atoms with Crippen molar-refractivity contribution in [1.82, 2.24) is 4.98 Å². The van der Waals surface area contributed by atoms with Crippen LogP contribution in [-0.2, 0) is 0 Å². The number of nitrogens with zero attached hydrogens (tertiary/aromatic N) is 3. The van der Waals surface area contributed by atoms with Gasteiger partial charge in [0.15, 0.2) is 0 Å². The molecule has 3 nitrogen and oxygen atoms in total. The highest BCUT2D eigenvalue weighted by molar-refractivity contribution is 6.09. The predicted octanol–water partition coefficient (Wildman–Crippen LogP) is 5.25. The lowest BCUT2D eigenvalue weighted by atomic mass is 9.95. The molecule has 1 heterocycles. The molecule has 1 aromatic heterocycles. The van der Waals surface area contributed by atoms with Gasteiger partial charge in [0.25, 0.3) is 0 Å². The molecule has 0 N–H and O–H groups in total. The molecule has 0 aliphatic rings. The molecule has 0 spiro atoms. The smallest absolute Gasteiger partial charge is 0.0726 e. The zero-order valence-corrected chi connectivity index (χ0v) is 14.8. The van der Waals surface area contributed by atoms with Crippen LogP contribution in [-0.4, -0.2) is 24.0 Å². The lowest BCUT2D eigenvalue weighted by Crippen LogP contribution is -1.99. The quantitative estimate of drug-likeness (QED) is 0.603. The molecule has 3 heteroatoms. The molecule has 0 fully saturated rings. The molecule has 124 valence electrons. The maximum Gasteiger partial charge on any atom is 0.0726 e. The molecule has 0 radical (unpaired) electrons. The fraction of sp³-hybridized carbons (Fsp3) is 0.136. The van der Waals surface area contributed by atoms with Crippen LogP contribution in [0.1, 0.15) is 23.6 Å². The lowest BCUT2D eigenvalue weighted by Gasteiger charge is -2.12. The van der Waals surface area contributed by atoms with E-state index < -0.39 is 0 Å². The molecule has 3 aromatic rings. The first-order chi connectivity index (χ1) is 12.2. The van der Waals surface area contributed by atoms with Gasteiger partial charge in [-0.15, -0.1) is 0 Å². The third-order valence-corrected chi connectivity index (χ3v) is 4.07. The molecule has 0 saturated carbocycles. The van der Waals surface area contributed by atoms with Crippen molar-refractivity contribution in [1.29, 1.82) is 0 Å². The molecular weight excluding hydrogens is 306 g/mol. The van der Waals surface area contributed by atoms with Gasteiger partial charge in [-0.05, 0) is 42.7 Å². The van der Waals surface area contributed by atoms with Gasteiger partial charge in [0.1, 0.15) is 0 Å². The van der Waals surface area contributed by atoms with Crippen LogP contribution in [0.4, 0.5) is 5.69 Å². The number of aliphatic imine (C=N–C) groups is 2. The Morgan fingerprint density at radius 1 is 1.00 bits per heavy atom. The number of benzene rings is 2. The van der Waals surface area contributed by atoms with Crippen molar-refractivity contribution in [3.8, 4) is 11.1 Å². The van der Waals surface area contributed by atoms with Gasteiger partial charge in [-0.3, -0.25) is 15.0 Å². The highest BCUT2D eigenvalue weighted by atomic mass is 14.7. The van der Waals surface area contributed by atoms with E-state index in [4.69, 9.17) is 4.99 Å². The summed E-state index contributed by atoms with van der Waals surface area (Å²) in [4.78, 5) is 13.4. The van der Waals surface area contributed by atoms with Crippen LogP contribution in [0.3, 0.4) is 0 Å². The number of aromatic nitrogens is 1. The van der Waals surface area contributed by atoms with Crippen LogP contribution in [0.5, 0.6) is 0 Å². The van der Waals surface area contributed by atoms with Crippen molar-refractivity contribution in [2.24, 2.45) is 9.98 Å². The average molecular weight is 327 g/mol. The molecule has 25 heavy (non-hydrogen) atoms. The third-order valence-electron chi connectivity index (χ3n) is 4.07. The Kier molecular flexibility index (Phi) is 5.14. The topological polar surface area (TPSA) is 37.6 Å². The summed E-state index contributed by atoms with van der Waals surface area (Å²) in [5, 5.41) is 0. The first-order valence-electron chi connectivity index (χ1n) is 8.27. The van der Waals surface area contributed by atoms with Crippen molar-refractivity contribution < 1.29 is 0 Å². The van der Waals surface area contributed by atoms with Gasteiger partial charge < -0.3 is 0 Å². The predicted molar refractivity (Wildman–Crippen MR) is 106 cm³/mol. The van der Waals surface area contributed by atoms with Crippen LogP contribution >= 0.6 is 0 Å². The van der Waals surface area contributed by atoms with E-state index in [1.54, 1.807) is 0 Å². The molecule has 2 aromatic carbocycles. The van der Waals surface area contributed by atoms with Crippen molar-refractivity contribution in [2.45, 2.75) is 13.8 Å². The molecule has 0 bridgehead atoms. The monoisotopic (exact) mass is 327 g/mol. The van der Waals surface area contributed by atoms with Crippen molar-refractivity contribution in [3.05, 3.63) is 83.7 Å². The summed E-state index contributed by atoms with van der Waals surface area (Å²) >= 11 is 0. The molecule has 0 aliphatic carbocycles. The Balaban J connectivity index is 2.11. The van der Waals surface area contributed by atoms with Crippen LogP contribution in [0.15, 0.2) is 77.0 Å². The summed E-state index contributed by atoms with van der Waals surface area (Å²) in [6, 6.07) is 18.6. The van der Waals surface area contributed by atoms with Gasteiger partial charge in [-0.2, -0.15) is 0 Å². The van der Waals surface area contributed by atoms with Crippen molar-refractivity contribution in [2.75, 3.05) is 7.05 Å². The number of aryl methyl sites for hydroxylation is 1. The van der Waals surface area contributed by atoms with E-state index in [2.05, 4.69) is 34.2 Å². The first-order valence-corrected chi connectivity index (χ1v) is 8.27. The highest BCUT2D eigenvalue weighted by Crippen LogP contribution is 2.31. The van der Waals surface area contributed by atoms with E-state index in [0.29, 0.717) is 0 Å². The van der Waals surface area contributed by atoms with Crippen LogP contribution in [0, 0.1) is 6.92 Å². The summed E-state index contributed by atoms with van der Waals surface area (Å²) in [5.74, 6) is 0. The maximum absolute atomic E-state index is 4.73. The molecule has 0 unspecified atom stereocenters. The van der Waals surface area contributed by atoms with E-state index in [0.717, 1.165) is 39.2 Å². The first kappa shape index (κ1) is 16.8. The van der Waals surface area contributed by atoms with E-state index in [1.807, 2.05) is 69.8 Å². The van der Waals surface area contributed by atoms with E-state index in [9.17, 15) is 0 Å². The standard InChI is InChI=1S/C22H21N3/c1-16-12-18(14-24-13-16)15-25-21-11-7-10-20(22(21)17(2)23-3)19-8-5-4-6-9-19/h4-15H,1-3H3/b23-17-,25-15+. The molecule has 0 aliphatic heterocycles. The van der Waals surface area contributed by atoms with Gasteiger partial charge >= 0.3 is 0 Å². The third kappa shape index (κ3) is 3.89. The zero-order valence-electron chi connectivity index (χ0n) is 14.8. The molecule has 0 atom stereocenters. The zero-order chi connectivity index (χ0) is 17.6. The molecular formula is C22H21N3. The fourth-order valence-electron chi connectivity index (χ4n) is 2.79. The number of hydrogen-bond donors (Lipinski definition) is 0.